The van der Waals surface area contributed by atoms with Gasteiger partial charge in [-0.1, -0.05) is 41.9 Å². The molecule has 4 rings (SSSR count). The number of halogens is 1. The van der Waals surface area contributed by atoms with Crippen molar-refractivity contribution in [3.05, 3.63) is 93.0 Å². The van der Waals surface area contributed by atoms with Gasteiger partial charge in [-0.2, -0.15) is 4.98 Å². The van der Waals surface area contributed by atoms with Crippen molar-refractivity contribution in [2.45, 2.75) is 6.54 Å². The van der Waals surface area contributed by atoms with Crippen molar-refractivity contribution < 1.29 is 14.5 Å². The number of methoxy groups -OCH3 is 1. The fraction of sp³-hybridized carbons (Fsp3) is 0.0870. The zero-order valence-corrected chi connectivity index (χ0v) is 18.7. The molecular formula is C23H19ClN6O4. The predicted octanol–water partition coefficient (Wildman–Crippen LogP) is 4.91. The summed E-state index contributed by atoms with van der Waals surface area (Å²) in [6, 6.07) is 18.5. The number of para-hydroxylation sites is 1. The molecule has 0 unspecified atom stereocenters. The van der Waals surface area contributed by atoms with Crippen molar-refractivity contribution in [1.29, 1.82) is 0 Å². The number of anilines is 2. The van der Waals surface area contributed by atoms with Gasteiger partial charge in [-0.05, 0) is 35.9 Å². The van der Waals surface area contributed by atoms with Crippen LogP contribution in [-0.4, -0.2) is 33.1 Å². The summed E-state index contributed by atoms with van der Waals surface area (Å²) >= 11 is 6.15. The molecule has 4 aromatic rings. The molecule has 0 saturated heterocycles. The van der Waals surface area contributed by atoms with Crippen LogP contribution < -0.4 is 15.4 Å². The van der Waals surface area contributed by atoms with E-state index in [1.165, 1.54) is 25.3 Å². The van der Waals surface area contributed by atoms with Crippen LogP contribution in [-0.2, 0) is 6.54 Å². The summed E-state index contributed by atoms with van der Waals surface area (Å²) in [4.78, 5) is 28.0. The minimum Gasteiger partial charge on any atom is -0.496 e. The number of rotatable bonds is 8. The van der Waals surface area contributed by atoms with Gasteiger partial charge in [0.1, 0.15) is 11.4 Å². The number of carbonyl (C=O) groups excluding carboxylic acids is 1. The number of hydrogen-bond acceptors (Lipinski definition) is 7. The number of carbonyl (C=O) groups is 1. The molecule has 0 saturated carbocycles. The molecule has 0 spiro atoms. The van der Waals surface area contributed by atoms with E-state index in [4.69, 9.17) is 16.3 Å². The molecule has 0 aliphatic carbocycles. The molecule has 0 aliphatic heterocycles. The Morgan fingerprint density at radius 1 is 1.15 bits per heavy atom. The summed E-state index contributed by atoms with van der Waals surface area (Å²) in [5.74, 6) is 0.422. The summed E-state index contributed by atoms with van der Waals surface area (Å²) in [6.07, 6.45) is 0. The highest BCUT2D eigenvalue weighted by Gasteiger charge is 2.19. The van der Waals surface area contributed by atoms with Gasteiger partial charge in [-0.3, -0.25) is 25.3 Å². The van der Waals surface area contributed by atoms with Gasteiger partial charge >= 0.3 is 0 Å². The topological polar surface area (TPSA) is 135 Å². The monoisotopic (exact) mass is 478 g/mol. The van der Waals surface area contributed by atoms with Crippen molar-refractivity contribution in [3.63, 3.8) is 0 Å². The molecule has 10 nitrogen and oxygen atoms in total. The number of ether oxygens (including phenoxy) is 1. The van der Waals surface area contributed by atoms with Gasteiger partial charge < -0.3 is 10.1 Å². The van der Waals surface area contributed by atoms with Gasteiger partial charge in [0.2, 0.25) is 5.95 Å². The maximum atomic E-state index is 12.7. The van der Waals surface area contributed by atoms with Crippen molar-refractivity contribution in [2.24, 2.45) is 0 Å². The van der Waals surface area contributed by atoms with E-state index in [1.54, 1.807) is 24.3 Å². The van der Waals surface area contributed by atoms with E-state index in [9.17, 15) is 14.9 Å². The minimum absolute atomic E-state index is 0.0227. The van der Waals surface area contributed by atoms with Gasteiger partial charge in [0.05, 0.1) is 17.6 Å². The van der Waals surface area contributed by atoms with Crippen molar-refractivity contribution in [1.82, 2.24) is 15.2 Å². The molecule has 3 aromatic carbocycles. The van der Waals surface area contributed by atoms with Gasteiger partial charge in [-0.25, -0.2) is 0 Å². The van der Waals surface area contributed by atoms with E-state index < -0.39 is 10.8 Å². The van der Waals surface area contributed by atoms with E-state index in [-0.39, 0.29) is 29.4 Å². The van der Waals surface area contributed by atoms with Crippen LogP contribution in [0.1, 0.15) is 15.9 Å². The maximum Gasteiger partial charge on any atom is 0.293 e. The SMILES string of the molecule is COc1ccccc1-c1nc(NC(=O)c2ccc(NCc3ccccc3Cl)c([N+](=O)[O-])c2)n[nH]1. The first kappa shape index (κ1) is 22.7. The predicted molar refractivity (Wildman–Crippen MR) is 128 cm³/mol. The Morgan fingerprint density at radius 2 is 1.91 bits per heavy atom. The number of aromatic amines is 1. The lowest BCUT2D eigenvalue weighted by molar-refractivity contribution is -0.384. The van der Waals surface area contributed by atoms with Crippen LogP contribution in [0.3, 0.4) is 0 Å². The lowest BCUT2D eigenvalue weighted by atomic mass is 10.1. The van der Waals surface area contributed by atoms with E-state index in [2.05, 4.69) is 25.8 Å². The summed E-state index contributed by atoms with van der Waals surface area (Å²) in [5.41, 5.74) is 1.55. The minimum atomic E-state index is -0.591. The second kappa shape index (κ2) is 10.0. The van der Waals surface area contributed by atoms with E-state index in [0.29, 0.717) is 22.2 Å². The molecule has 1 aromatic heterocycles. The normalized spacial score (nSPS) is 10.5. The smallest absolute Gasteiger partial charge is 0.293 e. The molecule has 0 atom stereocenters. The van der Waals surface area contributed by atoms with E-state index in [0.717, 1.165) is 5.56 Å². The summed E-state index contributed by atoms with van der Waals surface area (Å²) in [5, 5.41) is 24.5. The Labute approximate surface area is 199 Å². The zero-order valence-electron chi connectivity index (χ0n) is 17.9. The number of amides is 1. The highest BCUT2D eigenvalue weighted by molar-refractivity contribution is 6.31. The number of benzene rings is 3. The Balaban J connectivity index is 1.50. The average molecular weight is 479 g/mol. The summed E-state index contributed by atoms with van der Waals surface area (Å²) < 4.78 is 5.31. The van der Waals surface area contributed by atoms with Crippen molar-refractivity contribution >= 4 is 34.8 Å². The molecule has 3 N–H and O–H groups in total. The molecule has 11 heteroatoms. The van der Waals surface area contributed by atoms with E-state index >= 15 is 0 Å². The lowest BCUT2D eigenvalue weighted by Gasteiger charge is -2.10. The first-order chi connectivity index (χ1) is 16.5. The number of nitrogens with one attached hydrogen (secondary N) is 3. The van der Waals surface area contributed by atoms with Crippen LogP contribution in [0.15, 0.2) is 66.7 Å². The number of nitro groups is 1. The second-order valence-electron chi connectivity index (χ2n) is 7.10. The van der Waals surface area contributed by atoms with Crippen LogP contribution >= 0.6 is 11.6 Å². The van der Waals surface area contributed by atoms with Crippen LogP contribution in [0, 0.1) is 10.1 Å². The van der Waals surface area contributed by atoms with Gasteiger partial charge in [0, 0.05) is 23.2 Å². The van der Waals surface area contributed by atoms with Crippen molar-refractivity contribution in [3.8, 4) is 17.1 Å². The second-order valence-corrected chi connectivity index (χ2v) is 7.50. The van der Waals surface area contributed by atoms with Gasteiger partial charge in [0.15, 0.2) is 5.82 Å². The quantitative estimate of drug-likeness (QED) is 0.242. The first-order valence-corrected chi connectivity index (χ1v) is 10.5. The number of H-pyrrole nitrogens is 1. The third-order valence-corrected chi connectivity index (χ3v) is 5.33. The van der Waals surface area contributed by atoms with E-state index in [1.807, 2.05) is 24.3 Å². The fourth-order valence-corrected chi connectivity index (χ4v) is 3.46. The third-order valence-electron chi connectivity index (χ3n) is 4.96. The van der Waals surface area contributed by atoms with Crippen LogP contribution in [0.2, 0.25) is 5.02 Å². The largest absolute Gasteiger partial charge is 0.496 e. The molecular weight excluding hydrogens is 460 g/mol. The Hall–Kier alpha value is -4.44. The summed E-state index contributed by atoms with van der Waals surface area (Å²) in [6.45, 7) is 0.287. The van der Waals surface area contributed by atoms with Crippen LogP contribution in [0.25, 0.3) is 11.4 Å². The Kier molecular flexibility index (Phi) is 6.69. The first-order valence-electron chi connectivity index (χ1n) is 10.1. The molecule has 0 bridgehead atoms. The highest BCUT2D eigenvalue weighted by Crippen LogP contribution is 2.29. The molecule has 1 heterocycles. The van der Waals surface area contributed by atoms with Crippen LogP contribution in [0.4, 0.5) is 17.3 Å². The zero-order chi connectivity index (χ0) is 24.1. The molecule has 0 aliphatic rings. The van der Waals surface area contributed by atoms with Gasteiger partial charge in [-0.15, -0.1) is 5.10 Å². The maximum absolute atomic E-state index is 12.7. The summed E-state index contributed by atoms with van der Waals surface area (Å²) in [7, 11) is 1.54. The number of hydrogen-bond donors (Lipinski definition) is 3. The Morgan fingerprint density at radius 3 is 2.68 bits per heavy atom. The van der Waals surface area contributed by atoms with Gasteiger partial charge in [0.25, 0.3) is 11.6 Å². The molecule has 1 amide bonds. The number of nitro benzene ring substituents is 1. The van der Waals surface area contributed by atoms with Crippen LogP contribution in [0.5, 0.6) is 5.75 Å². The Bertz CT molecular complexity index is 1360. The molecule has 0 radical (unpaired) electrons. The molecule has 0 fully saturated rings. The molecule has 172 valence electrons. The number of aromatic nitrogens is 3. The third kappa shape index (κ3) is 4.97. The highest BCUT2D eigenvalue weighted by atomic mass is 35.5. The number of nitrogens with zero attached hydrogens (tertiary/aromatic N) is 3. The lowest BCUT2D eigenvalue weighted by Crippen LogP contribution is -2.14. The average Bonchev–Trinajstić information content (AvgIpc) is 3.31. The van der Waals surface area contributed by atoms with Crippen molar-refractivity contribution in [2.75, 3.05) is 17.7 Å². The fourth-order valence-electron chi connectivity index (χ4n) is 3.26. The standard InChI is InChI=1S/C23H19ClN6O4/c1-34-20-9-5-3-7-16(20)21-26-23(29-28-21)27-22(31)14-10-11-18(19(12-14)30(32)33)25-13-15-6-2-4-8-17(15)24/h2-12,25H,13H2,1H3,(H2,26,27,28,29,31). The molecule has 34 heavy (non-hydrogen) atoms.